The molecule has 1 nitrogen and oxygen atoms in total. The van der Waals surface area contributed by atoms with Crippen LogP contribution in [0.15, 0.2) is 24.3 Å². The minimum Gasteiger partial charge on any atom is -0.330 e. The molecule has 0 aromatic heterocycles. The van der Waals surface area contributed by atoms with Crippen molar-refractivity contribution in [3.05, 3.63) is 35.4 Å². The first-order valence-corrected chi connectivity index (χ1v) is 5.39. The van der Waals surface area contributed by atoms with Crippen LogP contribution >= 0.6 is 0 Å². The number of rotatable bonds is 3. The molecule has 0 bridgehead atoms. The Kier molecular flexibility index (Phi) is 3.86. The summed E-state index contributed by atoms with van der Waals surface area (Å²) in [6.45, 7) is 6.77. The zero-order valence-corrected chi connectivity index (χ0v) is 9.76. The van der Waals surface area contributed by atoms with E-state index in [2.05, 4.69) is 20.8 Å². The van der Waals surface area contributed by atoms with Gasteiger partial charge in [0, 0.05) is 0 Å². The third-order valence-electron chi connectivity index (χ3n) is 2.53. The molecule has 0 spiro atoms. The van der Waals surface area contributed by atoms with Gasteiger partial charge in [-0.25, -0.2) is 4.39 Å². The summed E-state index contributed by atoms with van der Waals surface area (Å²) in [5, 5.41) is 0. The minimum atomic E-state index is -0.933. The maximum atomic E-state index is 13.6. The zero-order chi connectivity index (χ0) is 11.5. The lowest BCUT2D eigenvalue weighted by Crippen LogP contribution is -2.12. The van der Waals surface area contributed by atoms with Gasteiger partial charge in [-0.15, -0.1) is 0 Å². The van der Waals surface area contributed by atoms with Crippen LogP contribution in [0.1, 0.15) is 44.5 Å². The Morgan fingerprint density at radius 1 is 1.33 bits per heavy atom. The monoisotopic (exact) mass is 209 g/mol. The number of hydrogen-bond donors (Lipinski definition) is 1. The molecule has 0 aliphatic carbocycles. The highest BCUT2D eigenvalue weighted by molar-refractivity contribution is 5.29. The second-order valence-electron chi connectivity index (χ2n) is 4.92. The lowest BCUT2D eigenvalue weighted by Gasteiger charge is -2.20. The number of halogens is 1. The quantitative estimate of drug-likeness (QED) is 0.811. The van der Waals surface area contributed by atoms with Crippen molar-refractivity contribution in [3.8, 4) is 0 Å². The average Bonchev–Trinajstić information content (AvgIpc) is 2.17. The first kappa shape index (κ1) is 12.2. The average molecular weight is 209 g/mol. The zero-order valence-electron chi connectivity index (χ0n) is 9.76. The summed E-state index contributed by atoms with van der Waals surface area (Å²) in [6, 6.07) is 7.73. The molecule has 1 aromatic carbocycles. The van der Waals surface area contributed by atoms with Gasteiger partial charge in [0.1, 0.15) is 6.17 Å². The molecule has 1 rings (SSSR count). The van der Waals surface area contributed by atoms with Crippen molar-refractivity contribution in [3.63, 3.8) is 0 Å². The second kappa shape index (κ2) is 4.75. The molecule has 2 N–H and O–H groups in total. The van der Waals surface area contributed by atoms with E-state index in [0.29, 0.717) is 13.0 Å². The Morgan fingerprint density at radius 2 is 2.00 bits per heavy atom. The van der Waals surface area contributed by atoms with Crippen LogP contribution in [0.5, 0.6) is 0 Å². The fraction of sp³-hybridized carbons (Fsp3) is 0.538. The predicted molar refractivity (Wildman–Crippen MR) is 62.7 cm³/mol. The highest BCUT2D eigenvalue weighted by atomic mass is 19.1. The van der Waals surface area contributed by atoms with Gasteiger partial charge in [0.15, 0.2) is 0 Å². The van der Waals surface area contributed by atoms with Crippen molar-refractivity contribution >= 4 is 0 Å². The Balaban J connectivity index is 2.92. The maximum absolute atomic E-state index is 13.6. The van der Waals surface area contributed by atoms with Crippen LogP contribution in [0.25, 0.3) is 0 Å². The second-order valence-corrected chi connectivity index (χ2v) is 4.92. The lowest BCUT2D eigenvalue weighted by molar-refractivity contribution is 0.327. The van der Waals surface area contributed by atoms with E-state index < -0.39 is 6.17 Å². The molecular formula is C13H20FN. The summed E-state index contributed by atoms with van der Waals surface area (Å²) in [5.74, 6) is 0. The topological polar surface area (TPSA) is 26.0 Å². The van der Waals surface area contributed by atoms with E-state index in [1.165, 1.54) is 5.56 Å². The van der Waals surface area contributed by atoms with Crippen LogP contribution in [0.2, 0.25) is 0 Å². The van der Waals surface area contributed by atoms with Gasteiger partial charge >= 0.3 is 0 Å². The first-order chi connectivity index (χ1) is 6.95. The molecule has 0 amide bonds. The van der Waals surface area contributed by atoms with Gasteiger partial charge < -0.3 is 5.73 Å². The van der Waals surface area contributed by atoms with E-state index in [1.54, 1.807) is 0 Å². The van der Waals surface area contributed by atoms with E-state index >= 15 is 0 Å². The van der Waals surface area contributed by atoms with Crippen molar-refractivity contribution in [2.24, 2.45) is 5.73 Å². The van der Waals surface area contributed by atoms with E-state index in [9.17, 15) is 4.39 Å². The molecule has 84 valence electrons. The van der Waals surface area contributed by atoms with Gasteiger partial charge in [-0.2, -0.15) is 0 Å². The molecular weight excluding hydrogens is 189 g/mol. The highest BCUT2D eigenvalue weighted by Gasteiger charge is 2.16. The molecule has 0 fully saturated rings. The Bertz CT molecular complexity index is 315. The standard InChI is InChI=1S/C13H20FN/c1-13(2,3)11-6-4-5-10(9-11)12(14)7-8-15/h4-6,9,12H,7-8,15H2,1-3H3. The smallest absolute Gasteiger partial charge is 0.126 e. The summed E-state index contributed by atoms with van der Waals surface area (Å²) in [6.07, 6.45) is -0.537. The van der Waals surface area contributed by atoms with Crippen LogP contribution in [0, 0.1) is 0 Å². The highest BCUT2D eigenvalue weighted by Crippen LogP contribution is 2.27. The van der Waals surface area contributed by atoms with Crippen LogP contribution in [0.3, 0.4) is 0 Å². The van der Waals surface area contributed by atoms with Crippen LogP contribution in [-0.2, 0) is 5.41 Å². The van der Waals surface area contributed by atoms with E-state index in [1.807, 2.05) is 24.3 Å². The van der Waals surface area contributed by atoms with Gasteiger partial charge in [-0.05, 0) is 29.5 Å². The molecule has 0 saturated heterocycles. The van der Waals surface area contributed by atoms with Crippen molar-refractivity contribution in [2.75, 3.05) is 6.54 Å². The fourth-order valence-corrected chi connectivity index (χ4v) is 1.51. The van der Waals surface area contributed by atoms with Gasteiger partial charge in [0.25, 0.3) is 0 Å². The van der Waals surface area contributed by atoms with Crippen molar-refractivity contribution < 1.29 is 4.39 Å². The van der Waals surface area contributed by atoms with Gasteiger partial charge in [-0.1, -0.05) is 45.0 Å². The minimum absolute atomic E-state index is 0.0679. The number of nitrogens with two attached hydrogens (primary N) is 1. The first-order valence-electron chi connectivity index (χ1n) is 5.39. The summed E-state index contributed by atoms with van der Waals surface area (Å²) >= 11 is 0. The third-order valence-corrected chi connectivity index (χ3v) is 2.53. The third kappa shape index (κ3) is 3.31. The van der Waals surface area contributed by atoms with Crippen LogP contribution in [0.4, 0.5) is 4.39 Å². The molecule has 0 heterocycles. The molecule has 15 heavy (non-hydrogen) atoms. The normalized spacial score (nSPS) is 13.9. The Morgan fingerprint density at radius 3 is 2.53 bits per heavy atom. The summed E-state index contributed by atoms with van der Waals surface area (Å²) < 4.78 is 13.6. The summed E-state index contributed by atoms with van der Waals surface area (Å²) in [4.78, 5) is 0. The van der Waals surface area contributed by atoms with Gasteiger partial charge in [0.05, 0.1) is 0 Å². The van der Waals surface area contributed by atoms with Crippen LogP contribution < -0.4 is 5.73 Å². The van der Waals surface area contributed by atoms with Gasteiger partial charge in [-0.3, -0.25) is 0 Å². The van der Waals surface area contributed by atoms with E-state index in [-0.39, 0.29) is 5.41 Å². The molecule has 1 atom stereocenters. The SMILES string of the molecule is CC(C)(C)c1cccc(C(F)CCN)c1. The lowest BCUT2D eigenvalue weighted by atomic mass is 9.85. The molecule has 1 unspecified atom stereocenters. The largest absolute Gasteiger partial charge is 0.330 e. The number of hydrogen-bond acceptors (Lipinski definition) is 1. The van der Waals surface area contributed by atoms with Gasteiger partial charge in [0.2, 0.25) is 0 Å². The van der Waals surface area contributed by atoms with Crippen molar-refractivity contribution in [1.29, 1.82) is 0 Å². The molecule has 2 heteroatoms. The Hall–Kier alpha value is -0.890. The molecule has 0 aliphatic rings. The molecule has 0 saturated carbocycles. The van der Waals surface area contributed by atoms with E-state index in [0.717, 1.165) is 5.56 Å². The summed E-state index contributed by atoms with van der Waals surface area (Å²) in [7, 11) is 0. The summed E-state index contributed by atoms with van der Waals surface area (Å²) in [5.41, 5.74) is 7.33. The van der Waals surface area contributed by atoms with Crippen molar-refractivity contribution in [2.45, 2.75) is 38.8 Å². The molecule has 0 radical (unpaired) electrons. The predicted octanol–water partition coefficient (Wildman–Crippen LogP) is 3.34. The maximum Gasteiger partial charge on any atom is 0.126 e. The molecule has 1 aromatic rings. The molecule has 0 aliphatic heterocycles. The number of alkyl halides is 1. The van der Waals surface area contributed by atoms with Crippen LogP contribution in [-0.4, -0.2) is 6.54 Å². The number of benzene rings is 1. The Labute approximate surface area is 91.5 Å². The fourth-order valence-electron chi connectivity index (χ4n) is 1.51. The van der Waals surface area contributed by atoms with E-state index in [4.69, 9.17) is 5.73 Å². The van der Waals surface area contributed by atoms with Crippen molar-refractivity contribution in [1.82, 2.24) is 0 Å².